The zero-order chi connectivity index (χ0) is 59.9. The van der Waals surface area contributed by atoms with Crippen molar-refractivity contribution in [1.29, 1.82) is 0 Å². The van der Waals surface area contributed by atoms with Gasteiger partial charge in [-0.1, -0.05) is 328 Å². The van der Waals surface area contributed by atoms with E-state index in [1.165, 1.54) is 154 Å². The minimum absolute atomic E-state index is 0.107. The van der Waals surface area contributed by atoms with E-state index < -0.39 is 6.10 Å². The Balaban J connectivity index is 4.35. The highest BCUT2D eigenvalue weighted by atomic mass is 16.6. The van der Waals surface area contributed by atoms with Gasteiger partial charge < -0.3 is 14.2 Å². The van der Waals surface area contributed by atoms with Crippen molar-refractivity contribution < 1.29 is 28.6 Å². The van der Waals surface area contributed by atoms with E-state index >= 15 is 0 Å². The molecule has 0 heterocycles. The van der Waals surface area contributed by atoms with Crippen LogP contribution in [0.25, 0.3) is 0 Å². The van der Waals surface area contributed by atoms with Crippen LogP contribution in [0.2, 0.25) is 0 Å². The highest BCUT2D eigenvalue weighted by molar-refractivity contribution is 5.71. The van der Waals surface area contributed by atoms with Gasteiger partial charge >= 0.3 is 17.9 Å². The van der Waals surface area contributed by atoms with Crippen molar-refractivity contribution in [2.75, 3.05) is 13.2 Å². The lowest BCUT2D eigenvalue weighted by Crippen LogP contribution is -2.30. The van der Waals surface area contributed by atoms with Crippen LogP contribution in [0.3, 0.4) is 0 Å². The fourth-order valence-electron chi connectivity index (χ4n) is 9.56. The van der Waals surface area contributed by atoms with Crippen molar-refractivity contribution >= 4 is 17.9 Å². The van der Waals surface area contributed by atoms with Gasteiger partial charge in [0.25, 0.3) is 0 Å². The van der Waals surface area contributed by atoms with Crippen molar-refractivity contribution in [3.8, 4) is 0 Å². The molecule has 0 spiro atoms. The summed E-state index contributed by atoms with van der Waals surface area (Å²) in [7, 11) is 0. The van der Waals surface area contributed by atoms with Gasteiger partial charge in [0.1, 0.15) is 13.2 Å². The molecule has 0 saturated carbocycles. The number of hydrogen-bond acceptors (Lipinski definition) is 6. The summed E-state index contributed by atoms with van der Waals surface area (Å²) in [6.45, 7) is 6.37. The van der Waals surface area contributed by atoms with Crippen LogP contribution in [-0.4, -0.2) is 37.2 Å². The topological polar surface area (TPSA) is 78.9 Å². The maximum atomic E-state index is 12.9. The van der Waals surface area contributed by atoms with Crippen LogP contribution in [0, 0.1) is 0 Å². The number of allylic oxidation sites excluding steroid dienone is 22. The van der Waals surface area contributed by atoms with Gasteiger partial charge in [0.05, 0.1) is 0 Å². The third-order valence-corrected chi connectivity index (χ3v) is 14.7. The fourth-order valence-corrected chi connectivity index (χ4v) is 9.56. The Morgan fingerprint density at radius 2 is 0.494 bits per heavy atom. The molecule has 0 bridgehead atoms. The number of ether oxygens (including phenoxy) is 3. The molecule has 0 aromatic carbocycles. The Hall–Kier alpha value is -4.45. The van der Waals surface area contributed by atoms with Crippen molar-refractivity contribution in [2.24, 2.45) is 0 Å². The summed E-state index contributed by atoms with van der Waals surface area (Å²) in [5.41, 5.74) is 0. The zero-order valence-electron chi connectivity index (χ0n) is 54.2. The predicted molar refractivity (Wildman–Crippen MR) is 362 cm³/mol. The summed E-state index contributed by atoms with van der Waals surface area (Å²) in [4.78, 5) is 38.4. The molecular formula is C77H128O6. The lowest BCUT2D eigenvalue weighted by atomic mass is 10.0. The molecule has 0 N–H and O–H groups in total. The minimum Gasteiger partial charge on any atom is -0.462 e. The Labute approximate surface area is 513 Å². The second-order valence-electron chi connectivity index (χ2n) is 22.7. The van der Waals surface area contributed by atoms with Gasteiger partial charge in [0.2, 0.25) is 0 Å². The van der Waals surface area contributed by atoms with Crippen LogP contribution in [0.1, 0.15) is 316 Å². The first kappa shape index (κ1) is 78.5. The van der Waals surface area contributed by atoms with Gasteiger partial charge in [0.15, 0.2) is 6.10 Å². The van der Waals surface area contributed by atoms with Crippen LogP contribution in [-0.2, 0) is 28.6 Å². The molecule has 6 heteroatoms. The molecule has 0 radical (unpaired) electrons. The van der Waals surface area contributed by atoms with Gasteiger partial charge in [-0.05, 0) is 103 Å². The molecule has 0 rings (SSSR count). The third kappa shape index (κ3) is 68.2. The normalized spacial score (nSPS) is 13.0. The molecule has 0 saturated heterocycles. The van der Waals surface area contributed by atoms with Crippen molar-refractivity contribution in [3.05, 3.63) is 134 Å². The number of unbranched alkanes of at least 4 members (excludes halogenated alkanes) is 29. The summed E-state index contributed by atoms with van der Waals surface area (Å²) >= 11 is 0. The first-order valence-electron chi connectivity index (χ1n) is 34.7. The summed E-state index contributed by atoms with van der Waals surface area (Å²) in [6.07, 6.45) is 99.2. The van der Waals surface area contributed by atoms with Crippen LogP contribution >= 0.6 is 0 Å². The molecule has 0 fully saturated rings. The van der Waals surface area contributed by atoms with E-state index in [2.05, 4.69) is 148 Å². The molecule has 0 aliphatic carbocycles. The molecule has 83 heavy (non-hydrogen) atoms. The van der Waals surface area contributed by atoms with E-state index in [9.17, 15) is 14.4 Å². The lowest BCUT2D eigenvalue weighted by Gasteiger charge is -2.18. The summed E-state index contributed by atoms with van der Waals surface area (Å²) in [5.74, 6) is -0.993. The molecule has 1 atom stereocenters. The number of rotatable bonds is 62. The van der Waals surface area contributed by atoms with Gasteiger partial charge in [-0.2, -0.15) is 0 Å². The van der Waals surface area contributed by atoms with E-state index in [4.69, 9.17) is 14.2 Å². The summed E-state index contributed by atoms with van der Waals surface area (Å²) < 4.78 is 16.9. The molecule has 472 valence electrons. The van der Waals surface area contributed by atoms with Crippen LogP contribution in [0.5, 0.6) is 0 Å². The number of carbonyl (C=O) groups excluding carboxylic acids is 3. The Morgan fingerprint density at radius 1 is 0.253 bits per heavy atom. The van der Waals surface area contributed by atoms with E-state index in [0.717, 1.165) is 116 Å². The Bertz CT molecular complexity index is 1750. The van der Waals surface area contributed by atoms with Crippen molar-refractivity contribution in [3.63, 3.8) is 0 Å². The smallest absolute Gasteiger partial charge is 0.306 e. The largest absolute Gasteiger partial charge is 0.462 e. The van der Waals surface area contributed by atoms with Crippen molar-refractivity contribution in [2.45, 2.75) is 322 Å². The first-order valence-corrected chi connectivity index (χ1v) is 34.7. The Kier molecular flexibility index (Phi) is 66.3. The molecule has 0 amide bonds. The van der Waals surface area contributed by atoms with Gasteiger partial charge in [0, 0.05) is 19.3 Å². The van der Waals surface area contributed by atoms with Crippen LogP contribution in [0.4, 0.5) is 0 Å². The average molecular weight is 1150 g/mol. The van der Waals surface area contributed by atoms with E-state index in [0.29, 0.717) is 19.3 Å². The van der Waals surface area contributed by atoms with Crippen molar-refractivity contribution in [1.82, 2.24) is 0 Å². The molecule has 0 aromatic heterocycles. The SMILES string of the molecule is CC/C=C\C/C=C\C/C=C\C/C=C\C/C=C\C/C=C\C/C=C\CCCCCCCCCC(=O)OCC(COC(=O)CC/C=C\C/C=C\C/C=C\C/C=C\CC)OC(=O)CCCCCCCCCCCCCCCCCCCCCCCCC. The maximum absolute atomic E-state index is 12.9. The minimum atomic E-state index is -0.816. The quantitative estimate of drug-likeness (QED) is 0.0261. The average Bonchev–Trinajstić information content (AvgIpc) is 3.49. The molecule has 1 unspecified atom stereocenters. The van der Waals surface area contributed by atoms with Gasteiger partial charge in [-0.15, -0.1) is 0 Å². The lowest BCUT2D eigenvalue weighted by molar-refractivity contribution is -0.166. The third-order valence-electron chi connectivity index (χ3n) is 14.7. The Morgan fingerprint density at radius 3 is 0.807 bits per heavy atom. The van der Waals surface area contributed by atoms with Gasteiger partial charge in [-0.3, -0.25) is 14.4 Å². The highest BCUT2D eigenvalue weighted by Crippen LogP contribution is 2.17. The number of carbonyl (C=O) groups is 3. The molecule has 0 aliphatic heterocycles. The summed E-state index contributed by atoms with van der Waals surface area (Å²) in [5, 5.41) is 0. The monoisotopic (exact) mass is 1150 g/mol. The van der Waals surface area contributed by atoms with E-state index in [1.807, 2.05) is 6.08 Å². The second-order valence-corrected chi connectivity index (χ2v) is 22.7. The fraction of sp³-hybridized carbons (Fsp3) is 0.675. The maximum Gasteiger partial charge on any atom is 0.306 e. The first-order chi connectivity index (χ1) is 41.0. The standard InChI is InChI=1S/C77H128O6/c1-4-7-10-13-16-19-22-25-27-29-31-33-35-36-37-38-39-40-42-43-45-47-49-52-55-58-61-64-67-70-76(79)82-73-74(72-81-75(78)69-66-63-60-57-54-51-24-21-18-15-12-9-6-3)83-77(80)71-68-65-62-59-56-53-50-48-46-44-41-34-32-30-28-26-23-20-17-14-11-8-5-2/h7,9-10,12,16,18-19,21,25,27,31,33,36-37,39-40,43,45,51,54,60,63,74H,4-6,8,11,13-15,17,20,22-24,26,28-30,32,34-35,38,41-42,44,46-50,52-53,55-59,61-62,64-73H2,1-3H3/b10-7-,12-9-,19-16-,21-18-,27-25-,33-31-,37-36-,40-39-,45-43-,54-51-,63-60-. The second kappa shape index (κ2) is 70.0. The number of hydrogen-bond donors (Lipinski definition) is 0. The van der Waals surface area contributed by atoms with E-state index in [-0.39, 0.29) is 37.5 Å². The van der Waals surface area contributed by atoms with Crippen LogP contribution in [0.15, 0.2) is 134 Å². The van der Waals surface area contributed by atoms with E-state index in [1.54, 1.807) is 0 Å². The molecular weight excluding hydrogens is 1020 g/mol. The predicted octanol–water partition coefficient (Wildman–Crippen LogP) is 24.1. The zero-order valence-corrected chi connectivity index (χ0v) is 54.2. The molecule has 6 nitrogen and oxygen atoms in total. The van der Waals surface area contributed by atoms with Gasteiger partial charge in [-0.25, -0.2) is 0 Å². The molecule has 0 aliphatic rings. The molecule has 0 aromatic rings. The number of esters is 3. The highest BCUT2D eigenvalue weighted by Gasteiger charge is 2.19. The summed E-state index contributed by atoms with van der Waals surface area (Å²) in [6, 6.07) is 0. The van der Waals surface area contributed by atoms with Crippen LogP contribution < -0.4 is 0 Å².